The Morgan fingerprint density at radius 1 is 0.278 bits per heavy atom. The molecule has 0 aromatic carbocycles. The van der Waals surface area contributed by atoms with Crippen LogP contribution < -0.4 is 17.1 Å². The van der Waals surface area contributed by atoms with Gasteiger partial charge in [-0.3, -0.25) is 0 Å². The summed E-state index contributed by atoms with van der Waals surface area (Å²) < 4.78 is 61.8. The molecule has 1 aromatic heterocycles. The van der Waals surface area contributed by atoms with Crippen molar-refractivity contribution in [1.82, 2.24) is 13.7 Å². The third-order valence-electron chi connectivity index (χ3n) is 7.53. The fraction of sp³-hybridized carbons (Fsp3) is 0.917. The largest absolute Gasteiger partial charge is 0.525 e. The summed E-state index contributed by atoms with van der Waals surface area (Å²) in [6.07, 6.45) is -3.67. The lowest BCUT2D eigenvalue weighted by molar-refractivity contribution is -0.0132. The van der Waals surface area contributed by atoms with Gasteiger partial charge >= 0.3 is 43.5 Å². The van der Waals surface area contributed by atoms with Crippen molar-refractivity contribution in [2.45, 2.75) is 217 Å². The summed E-state index contributed by atoms with van der Waals surface area (Å²) in [4.78, 5) is 45.6. The van der Waals surface area contributed by atoms with Crippen LogP contribution in [0.3, 0.4) is 0 Å². The minimum absolute atomic E-state index is 0.407. The summed E-state index contributed by atoms with van der Waals surface area (Å²) >= 11 is 0. The highest BCUT2D eigenvalue weighted by Gasteiger charge is 2.57. The molecule has 1 rings (SSSR count). The van der Waals surface area contributed by atoms with E-state index in [9.17, 15) is 0 Å². The summed E-state index contributed by atoms with van der Waals surface area (Å²) in [5.41, 5.74) is -6.14. The molecule has 0 amide bonds. The van der Waals surface area contributed by atoms with Crippen LogP contribution in [0.4, 0.5) is 0 Å². The van der Waals surface area contributed by atoms with Crippen molar-refractivity contribution in [3.05, 3.63) is 31.5 Å². The zero-order valence-electron chi connectivity index (χ0n) is 37.2. The highest BCUT2D eigenvalue weighted by molar-refractivity contribution is 6.62. The fourth-order valence-electron chi connectivity index (χ4n) is 6.15. The van der Waals surface area contributed by atoms with Crippen LogP contribution in [0.25, 0.3) is 0 Å². The highest BCUT2D eigenvalue weighted by atomic mass is 28.4. The van der Waals surface area contributed by atoms with Crippen LogP contribution in [-0.2, 0) is 39.8 Å². The van der Waals surface area contributed by atoms with Gasteiger partial charge in [-0.1, -0.05) is 0 Å². The molecule has 0 N–H and O–H groups in total. The standard InChI is InChI=1S/C36H75N3O12Si3/c1-22(2)43-52(44-23(3)4,45-24(5)6)31(19)37-34(40)38(32(20)53(46-25(7)8,47-26(9)10)48-27(11)12)36(42)39(35(37)41)33(21)54(49-28(13)14,50-29(15)16)51-30(17)18/h22-33H,1-21H3. The molecule has 3 atom stereocenters. The zero-order valence-corrected chi connectivity index (χ0v) is 40.2. The molecular weight excluding hydrogens is 751 g/mol. The maximum absolute atomic E-state index is 15.2. The van der Waals surface area contributed by atoms with Crippen LogP contribution in [0.2, 0.25) is 0 Å². The van der Waals surface area contributed by atoms with E-state index in [2.05, 4.69) is 0 Å². The predicted octanol–water partition coefficient (Wildman–Crippen LogP) is 6.11. The van der Waals surface area contributed by atoms with Gasteiger partial charge in [0.15, 0.2) is 0 Å². The summed E-state index contributed by atoms with van der Waals surface area (Å²) in [6.45, 7) is 38.0. The average molecular weight is 826 g/mol. The van der Waals surface area contributed by atoms with Crippen molar-refractivity contribution < 1.29 is 39.8 Å². The van der Waals surface area contributed by atoms with Gasteiger partial charge < -0.3 is 39.8 Å². The molecule has 0 fully saturated rings. The molecule has 318 valence electrons. The van der Waals surface area contributed by atoms with Crippen molar-refractivity contribution >= 4 is 26.4 Å². The van der Waals surface area contributed by atoms with Gasteiger partial charge in [-0.15, -0.1) is 0 Å². The minimum atomic E-state index is -4.00. The van der Waals surface area contributed by atoms with Crippen LogP contribution in [0.5, 0.6) is 0 Å². The molecular formula is C36H75N3O12Si3. The molecule has 54 heavy (non-hydrogen) atoms. The molecule has 0 aliphatic heterocycles. The van der Waals surface area contributed by atoms with E-state index in [1.54, 1.807) is 20.8 Å². The van der Waals surface area contributed by atoms with Gasteiger partial charge in [0.25, 0.3) is 0 Å². The smallest absolute Gasteiger partial charge is 0.370 e. The molecule has 0 radical (unpaired) electrons. The molecule has 0 saturated heterocycles. The number of nitrogens with zero attached hydrogens (tertiary/aromatic N) is 3. The Labute approximate surface area is 328 Å². The maximum atomic E-state index is 15.2. The lowest BCUT2D eigenvalue weighted by Gasteiger charge is -2.41. The first-order chi connectivity index (χ1) is 24.6. The Balaban J connectivity index is 4.82. The Hall–Kier alpha value is -1.30. The summed E-state index contributed by atoms with van der Waals surface area (Å²) in [6, 6.07) is 0. The van der Waals surface area contributed by atoms with Gasteiger partial charge in [0, 0.05) is 54.9 Å². The van der Waals surface area contributed by atoms with Gasteiger partial charge in [-0.2, -0.15) is 0 Å². The molecule has 0 aliphatic rings. The SMILES string of the molecule is CC(C)O[Si](OC(C)C)(OC(C)C)C(C)n1c(=O)n(C(C)[Si](OC(C)C)(OC(C)C)OC(C)C)c(=O)n(C(C)[Si](OC(C)C)(OC(C)C)OC(C)C)c1=O. The van der Waals surface area contributed by atoms with Crippen molar-refractivity contribution in [2.24, 2.45) is 0 Å². The van der Waals surface area contributed by atoms with Crippen LogP contribution in [0, 0.1) is 0 Å². The van der Waals surface area contributed by atoms with Crippen molar-refractivity contribution in [3.8, 4) is 0 Å². The second kappa shape index (κ2) is 20.9. The number of rotatable bonds is 24. The molecule has 0 spiro atoms. The van der Waals surface area contributed by atoms with E-state index in [1.807, 2.05) is 125 Å². The minimum Gasteiger partial charge on any atom is -0.370 e. The first kappa shape index (κ1) is 50.7. The van der Waals surface area contributed by atoms with E-state index in [0.717, 1.165) is 13.7 Å². The lowest BCUT2D eigenvalue weighted by Crippen LogP contribution is -2.68. The molecule has 0 bridgehead atoms. The lowest BCUT2D eigenvalue weighted by atomic mass is 10.5. The van der Waals surface area contributed by atoms with E-state index in [1.165, 1.54) is 0 Å². The molecule has 1 heterocycles. The Kier molecular flexibility index (Phi) is 19.7. The molecule has 0 saturated carbocycles. The highest BCUT2D eigenvalue weighted by Crippen LogP contribution is 2.32. The van der Waals surface area contributed by atoms with E-state index >= 15 is 14.4 Å². The van der Waals surface area contributed by atoms with Crippen LogP contribution in [0.15, 0.2) is 14.4 Å². The number of aromatic nitrogens is 3. The second-order valence-corrected chi connectivity index (χ2v) is 24.5. The molecule has 15 nitrogen and oxygen atoms in total. The zero-order chi connectivity index (χ0) is 42.3. The summed E-state index contributed by atoms with van der Waals surface area (Å²) in [5, 5.41) is 0. The van der Waals surface area contributed by atoms with Gasteiger partial charge in [0.1, 0.15) is 17.0 Å². The number of hydrogen-bond acceptors (Lipinski definition) is 12. The van der Waals surface area contributed by atoms with E-state index < -0.39 is 115 Å². The van der Waals surface area contributed by atoms with E-state index in [4.69, 9.17) is 39.8 Å². The van der Waals surface area contributed by atoms with Gasteiger partial charge in [0.2, 0.25) is 0 Å². The maximum Gasteiger partial charge on any atom is 0.525 e. The Bertz CT molecular complexity index is 1190. The van der Waals surface area contributed by atoms with Gasteiger partial charge in [0.05, 0.1) is 0 Å². The predicted molar refractivity (Wildman–Crippen MR) is 217 cm³/mol. The van der Waals surface area contributed by atoms with Crippen LogP contribution in [-0.4, -0.2) is 95.1 Å². The van der Waals surface area contributed by atoms with Crippen LogP contribution >= 0.6 is 0 Å². The topological polar surface area (TPSA) is 149 Å². The van der Waals surface area contributed by atoms with Crippen molar-refractivity contribution in [3.63, 3.8) is 0 Å². The second-order valence-electron chi connectivity index (χ2n) is 16.3. The van der Waals surface area contributed by atoms with Gasteiger partial charge in [-0.25, -0.2) is 28.1 Å². The molecule has 0 aliphatic carbocycles. The first-order valence-corrected chi connectivity index (χ1v) is 25.1. The number of hydrogen-bond donors (Lipinski definition) is 0. The van der Waals surface area contributed by atoms with Crippen molar-refractivity contribution in [1.29, 1.82) is 0 Å². The monoisotopic (exact) mass is 825 g/mol. The third kappa shape index (κ3) is 13.1. The fourth-order valence-corrected chi connectivity index (χ4v) is 16.0. The summed E-state index contributed by atoms with van der Waals surface area (Å²) in [7, 11) is -12.0. The molecule has 18 heteroatoms. The Morgan fingerprint density at radius 3 is 0.481 bits per heavy atom. The van der Waals surface area contributed by atoms with Crippen LogP contribution in [0.1, 0.15) is 162 Å². The third-order valence-corrected chi connectivity index (χ3v) is 18.6. The molecule has 3 unspecified atom stereocenters. The normalized spacial score (nSPS) is 15.4. The Morgan fingerprint density at radius 2 is 0.389 bits per heavy atom. The average Bonchev–Trinajstić information content (AvgIpc) is 2.93. The first-order valence-electron chi connectivity index (χ1n) is 19.7. The van der Waals surface area contributed by atoms with E-state index in [-0.39, 0.29) is 0 Å². The van der Waals surface area contributed by atoms with Gasteiger partial charge in [-0.05, 0) is 145 Å². The summed E-state index contributed by atoms with van der Waals surface area (Å²) in [5.74, 6) is 0. The van der Waals surface area contributed by atoms with Crippen molar-refractivity contribution in [2.75, 3.05) is 0 Å². The molecule has 1 aromatic rings. The van der Waals surface area contributed by atoms with E-state index in [0.29, 0.717) is 0 Å². The quantitative estimate of drug-likeness (QED) is 0.111.